The highest BCUT2D eigenvalue weighted by molar-refractivity contribution is 6.02. The minimum absolute atomic E-state index is 0.291. The molecule has 1 heterocycles. The van der Waals surface area contributed by atoms with E-state index in [1.807, 2.05) is 6.07 Å². The molecule has 2 rings (SSSR count). The average Bonchev–Trinajstić information content (AvgIpc) is 2.83. The van der Waals surface area contributed by atoms with Gasteiger partial charge in [-0.1, -0.05) is 30.3 Å². The molecule has 4 nitrogen and oxygen atoms in total. The van der Waals surface area contributed by atoms with Gasteiger partial charge < -0.3 is 10.0 Å². The fraction of sp³-hybridized carbons (Fsp3) is 0.385. The van der Waals surface area contributed by atoms with Gasteiger partial charge in [-0.2, -0.15) is 0 Å². The number of carboxylic acid groups (broad SMARTS) is 1. The molecule has 0 unspecified atom stereocenters. The monoisotopic (exact) mass is 233 g/mol. The zero-order chi connectivity index (χ0) is 12.3. The average molecular weight is 233 g/mol. The van der Waals surface area contributed by atoms with Crippen molar-refractivity contribution >= 4 is 11.9 Å². The van der Waals surface area contributed by atoms with Crippen LogP contribution in [-0.2, 0) is 9.59 Å². The number of likely N-dealkylation sites (tertiary alicyclic amines) is 1. The lowest BCUT2D eigenvalue weighted by atomic mass is 9.98. The number of carbonyl (C=O) groups excluding carboxylic acids is 1. The van der Waals surface area contributed by atoms with Crippen LogP contribution in [0.3, 0.4) is 0 Å². The molecule has 1 N–H and O–H groups in total. The molecule has 1 atom stereocenters. The third-order valence-electron chi connectivity index (χ3n) is 3.04. The smallest absolute Gasteiger partial charge is 0.320 e. The van der Waals surface area contributed by atoms with E-state index in [1.165, 1.54) is 0 Å². The van der Waals surface area contributed by atoms with Crippen molar-refractivity contribution in [1.29, 1.82) is 0 Å². The Labute approximate surface area is 99.9 Å². The maximum absolute atomic E-state index is 12.1. The molecule has 4 heteroatoms. The van der Waals surface area contributed by atoms with E-state index in [2.05, 4.69) is 0 Å². The van der Waals surface area contributed by atoms with Crippen LogP contribution in [0.25, 0.3) is 0 Å². The van der Waals surface area contributed by atoms with Crippen LogP contribution in [0.15, 0.2) is 30.3 Å². The van der Waals surface area contributed by atoms with Gasteiger partial charge in [0.2, 0.25) is 5.91 Å². The van der Waals surface area contributed by atoms with Crippen molar-refractivity contribution in [2.24, 2.45) is 0 Å². The first kappa shape index (κ1) is 11.6. The van der Waals surface area contributed by atoms with Gasteiger partial charge >= 0.3 is 5.97 Å². The number of benzene rings is 1. The van der Waals surface area contributed by atoms with Crippen LogP contribution in [-0.4, -0.2) is 35.0 Å². The first-order valence-electron chi connectivity index (χ1n) is 5.76. The molecular formula is C13H15NO3. The Morgan fingerprint density at radius 3 is 2.24 bits per heavy atom. The SMILES string of the molecule is O=C(O)[C@H](C(=O)N1CCCC1)c1ccccc1. The Morgan fingerprint density at radius 1 is 1.12 bits per heavy atom. The van der Waals surface area contributed by atoms with Crippen LogP contribution in [0.2, 0.25) is 0 Å². The van der Waals surface area contributed by atoms with Crippen LogP contribution in [0.1, 0.15) is 24.3 Å². The molecule has 0 aliphatic carbocycles. The molecule has 1 fully saturated rings. The number of carboxylic acids is 1. The Bertz CT molecular complexity index is 410. The Hall–Kier alpha value is -1.84. The van der Waals surface area contributed by atoms with Crippen LogP contribution in [0.5, 0.6) is 0 Å². The fourth-order valence-corrected chi connectivity index (χ4v) is 2.16. The van der Waals surface area contributed by atoms with Gasteiger partial charge in [0.15, 0.2) is 5.92 Å². The van der Waals surface area contributed by atoms with Crippen molar-refractivity contribution in [2.75, 3.05) is 13.1 Å². The molecule has 1 amide bonds. The lowest BCUT2D eigenvalue weighted by molar-refractivity contribution is -0.146. The van der Waals surface area contributed by atoms with Crippen molar-refractivity contribution in [2.45, 2.75) is 18.8 Å². The first-order valence-corrected chi connectivity index (χ1v) is 5.76. The highest BCUT2D eigenvalue weighted by atomic mass is 16.4. The normalized spacial score (nSPS) is 16.8. The molecule has 1 aliphatic rings. The van der Waals surface area contributed by atoms with Gasteiger partial charge in [-0.3, -0.25) is 9.59 Å². The maximum atomic E-state index is 12.1. The Kier molecular flexibility index (Phi) is 3.42. The Balaban J connectivity index is 2.23. The van der Waals surface area contributed by atoms with E-state index in [-0.39, 0.29) is 5.91 Å². The third-order valence-corrected chi connectivity index (χ3v) is 3.04. The minimum Gasteiger partial charge on any atom is -0.480 e. The zero-order valence-corrected chi connectivity index (χ0v) is 9.50. The number of carbonyl (C=O) groups is 2. The number of rotatable bonds is 3. The second kappa shape index (κ2) is 4.99. The summed E-state index contributed by atoms with van der Waals surface area (Å²) < 4.78 is 0. The molecule has 1 aromatic carbocycles. The quantitative estimate of drug-likeness (QED) is 0.804. The molecule has 1 aliphatic heterocycles. The van der Waals surface area contributed by atoms with E-state index in [0.717, 1.165) is 12.8 Å². The fourth-order valence-electron chi connectivity index (χ4n) is 2.16. The molecule has 17 heavy (non-hydrogen) atoms. The summed E-state index contributed by atoms with van der Waals surface area (Å²) in [7, 11) is 0. The standard InChI is InChI=1S/C13H15NO3/c15-12(14-8-4-5-9-14)11(13(16)17)10-6-2-1-3-7-10/h1-3,6-7,11H,4-5,8-9H2,(H,16,17)/t11-/m0/s1. The van der Waals surface area contributed by atoms with E-state index in [1.54, 1.807) is 29.2 Å². The minimum atomic E-state index is -1.08. The van der Waals surface area contributed by atoms with E-state index in [9.17, 15) is 14.7 Å². The molecule has 0 saturated carbocycles. The molecule has 0 aromatic heterocycles. The summed E-state index contributed by atoms with van der Waals surface area (Å²) in [5.74, 6) is -2.43. The first-order chi connectivity index (χ1) is 8.20. The van der Waals surface area contributed by atoms with Gasteiger partial charge in [0.1, 0.15) is 0 Å². The number of hydrogen-bond acceptors (Lipinski definition) is 2. The third kappa shape index (κ3) is 2.46. The lowest BCUT2D eigenvalue weighted by Gasteiger charge is -2.20. The highest BCUT2D eigenvalue weighted by Gasteiger charge is 2.32. The van der Waals surface area contributed by atoms with Gasteiger partial charge in [-0.15, -0.1) is 0 Å². The van der Waals surface area contributed by atoms with Crippen LogP contribution < -0.4 is 0 Å². The van der Waals surface area contributed by atoms with Crippen LogP contribution in [0, 0.1) is 0 Å². The van der Waals surface area contributed by atoms with Gasteiger partial charge in [0.25, 0.3) is 0 Å². The molecule has 0 spiro atoms. The number of amides is 1. The summed E-state index contributed by atoms with van der Waals surface area (Å²) in [6, 6.07) is 8.69. The van der Waals surface area contributed by atoms with Crippen molar-refractivity contribution in [3.63, 3.8) is 0 Å². The maximum Gasteiger partial charge on any atom is 0.320 e. The van der Waals surface area contributed by atoms with Gasteiger partial charge in [0.05, 0.1) is 0 Å². The summed E-state index contributed by atoms with van der Waals surface area (Å²) in [6.45, 7) is 1.35. The van der Waals surface area contributed by atoms with E-state index >= 15 is 0 Å². The van der Waals surface area contributed by atoms with Gasteiger partial charge in [-0.25, -0.2) is 0 Å². The highest BCUT2D eigenvalue weighted by Crippen LogP contribution is 2.21. The van der Waals surface area contributed by atoms with Crippen molar-refractivity contribution in [3.8, 4) is 0 Å². The van der Waals surface area contributed by atoms with E-state index in [0.29, 0.717) is 18.7 Å². The zero-order valence-electron chi connectivity index (χ0n) is 9.50. The number of nitrogens with zero attached hydrogens (tertiary/aromatic N) is 1. The van der Waals surface area contributed by atoms with E-state index in [4.69, 9.17) is 0 Å². The molecule has 90 valence electrons. The summed E-state index contributed by atoms with van der Waals surface area (Å²) >= 11 is 0. The molecule has 0 bridgehead atoms. The second-order valence-electron chi connectivity index (χ2n) is 4.21. The summed E-state index contributed by atoms with van der Waals surface area (Å²) in [4.78, 5) is 25.0. The van der Waals surface area contributed by atoms with Crippen molar-refractivity contribution < 1.29 is 14.7 Å². The summed E-state index contributed by atoms with van der Waals surface area (Å²) in [5, 5.41) is 9.21. The van der Waals surface area contributed by atoms with Crippen molar-refractivity contribution in [1.82, 2.24) is 4.90 Å². The Morgan fingerprint density at radius 2 is 1.71 bits per heavy atom. The van der Waals surface area contributed by atoms with Gasteiger partial charge in [-0.05, 0) is 18.4 Å². The molecule has 1 aromatic rings. The predicted octanol–water partition coefficient (Wildman–Crippen LogP) is 1.48. The van der Waals surface area contributed by atoms with Crippen LogP contribution >= 0.6 is 0 Å². The summed E-state index contributed by atoms with van der Waals surface area (Å²) in [6.07, 6.45) is 1.93. The lowest BCUT2D eigenvalue weighted by Crippen LogP contribution is -2.36. The van der Waals surface area contributed by atoms with E-state index < -0.39 is 11.9 Å². The summed E-state index contributed by atoms with van der Waals surface area (Å²) in [5.41, 5.74) is 0.553. The molecular weight excluding hydrogens is 218 g/mol. The predicted molar refractivity (Wildman–Crippen MR) is 62.6 cm³/mol. The topological polar surface area (TPSA) is 57.6 Å². The van der Waals surface area contributed by atoms with Crippen molar-refractivity contribution in [3.05, 3.63) is 35.9 Å². The van der Waals surface area contributed by atoms with Crippen LogP contribution in [0.4, 0.5) is 0 Å². The molecule has 0 radical (unpaired) electrons. The number of hydrogen-bond donors (Lipinski definition) is 1. The van der Waals surface area contributed by atoms with Gasteiger partial charge in [0, 0.05) is 13.1 Å². The molecule has 1 saturated heterocycles. The second-order valence-corrected chi connectivity index (χ2v) is 4.21. The largest absolute Gasteiger partial charge is 0.480 e. The number of aliphatic carboxylic acids is 1.